The fourth-order valence-corrected chi connectivity index (χ4v) is 1.99. The maximum atomic E-state index is 2.23. The first kappa shape index (κ1) is 18.5. The van der Waals surface area contributed by atoms with Gasteiger partial charge in [0.25, 0.3) is 0 Å². The monoisotopic (exact) mass is 252 g/mol. The van der Waals surface area contributed by atoms with Crippen LogP contribution in [-0.2, 0) is 0 Å². The van der Waals surface area contributed by atoms with Gasteiger partial charge in [-0.05, 0) is 42.9 Å². The molecule has 0 N–H and O–H groups in total. The summed E-state index contributed by atoms with van der Waals surface area (Å²) in [5, 5.41) is 2.13. The van der Waals surface area contributed by atoms with Gasteiger partial charge in [-0.1, -0.05) is 52.8 Å². The Balaban J connectivity index is 0. The average Bonchev–Trinajstić information content (AvgIpc) is 2.78. The Morgan fingerprint density at radius 1 is 1.12 bits per heavy atom. The predicted octanol–water partition coefficient (Wildman–Crippen LogP) is 6.33. The zero-order valence-electron chi connectivity index (χ0n) is 12.4. The van der Waals surface area contributed by atoms with Crippen LogP contribution in [0.3, 0.4) is 0 Å². The Morgan fingerprint density at radius 3 is 2.12 bits per heavy atom. The summed E-state index contributed by atoms with van der Waals surface area (Å²) in [6, 6.07) is 2.16. The average molecular weight is 252 g/mol. The van der Waals surface area contributed by atoms with Gasteiger partial charge in [-0.3, -0.25) is 0 Å². The molecule has 1 atom stereocenters. The Morgan fingerprint density at radius 2 is 1.71 bits per heavy atom. The molecular formula is C16H28S. The third-order valence-electron chi connectivity index (χ3n) is 1.95. The van der Waals surface area contributed by atoms with Crippen LogP contribution < -0.4 is 0 Å². The molecule has 0 amide bonds. The van der Waals surface area contributed by atoms with Gasteiger partial charge in [0.15, 0.2) is 0 Å². The van der Waals surface area contributed by atoms with E-state index in [1.165, 1.54) is 10.4 Å². The van der Waals surface area contributed by atoms with Crippen LogP contribution in [0.1, 0.15) is 52.0 Å². The summed E-state index contributed by atoms with van der Waals surface area (Å²) < 4.78 is 0. The minimum atomic E-state index is 0.534. The second-order valence-corrected chi connectivity index (χ2v) is 4.16. The Labute approximate surface area is 112 Å². The summed E-state index contributed by atoms with van der Waals surface area (Å²) in [6.07, 6.45) is 8.74. The quantitative estimate of drug-likeness (QED) is 0.551. The predicted molar refractivity (Wildman–Crippen MR) is 84.8 cm³/mol. The molecule has 0 aliphatic rings. The lowest BCUT2D eigenvalue weighted by Gasteiger charge is -1.96. The maximum absolute atomic E-state index is 2.23. The van der Waals surface area contributed by atoms with E-state index in [1.807, 2.05) is 27.7 Å². The second kappa shape index (κ2) is 13.2. The number of thiophene rings is 1. The van der Waals surface area contributed by atoms with Gasteiger partial charge in [0.05, 0.1) is 0 Å². The van der Waals surface area contributed by atoms with Crippen molar-refractivity contribution in [3.8, 4) is 0 Å². The van der Waals surface area contributed by atoms with Gasteiger partial charge in [-0.25, -0.2) is 0 Å². The second-order valence-electron chi connectivity index (χ2n) is 3.21. The van der Waals surface area contributed by atoms with Crippen molar-refractivity contribution < 1.29 is 0 Å². The van der Waals surface area contributed by atoms with E-state index in [0.29, 0.717) is 5.92 Å². The fourth-order valence-electron chi connectivity index (χ4n) is 1.16. The molecular weight excluding hydrogens is 224 g/mol. The van der Waals surface area contributed by atoms with Crippen LogP contribution in [0, 0.1) is 12.8 Å². The van der Waals surface area contributed by atoms with E-state index in [1.54, 1.807) is 11.3 Å². The largest absolute Gasteiger partial charge is 0.144 e. The van der Waals surface area contributed by atoms with Gasteiger partial charge in [0.1, 0.15) is 0 Å². The van der Waals surface area contributed by atoms with Crippen molar-refractivity contribution >= 4 is 17.4 Å². The minimum Gasteiger partial charge on any atom is -0.144 e. The molecule has 0 aliphatic heterocycles. The number of hydrogen-bond donors (Lipinski definition) is 0. The van der Waals surface area contributed by atoms with Crippen molar-refractivity contribution in [1.82, 2.24) is 0 Å². The lowest BCUT2D eigenvalue weighted by molar-refractivity contribution is 0.943. The Hall–Kier alpha value is -0.820. The highest BCUT2D eigenvalue weighted by Gasteiger charge is 1.94. The Kier molecular flexibility index (Phi) is 14.4. The molecule has 0 saturated carbocycles. The van der Waals surface area contributed by atoms with Crippen LogP contribution in [0.4, 0.5) is 0 Å². The van der Waals surface area contributed by atoms with Crippen molar-refractivity contribution in [2.75, 3.05) is 0 Å². The van der Waals surface area contributed by atoms with E-state index in [9.17, 15) is 0 Å². The SMILES string of the molecule is C/C=C\C(C)/C=C\c1sccc1C.CC.CC. The van der Waals surface area contributed by atoms with E-state index in [4.69, 9.17) is 0 Å². The third kappa shape index (κ3) is 8.93. The summed E-state index contributed by atoms with van der Waals surface area (Å²) in [5.74, 6) is 0.534. The van der Waals surface area contributed by atoms with Gasteiger partial charge < -0.3 is 0 Å². The molecule has 0 fully saturated rings. The smallest absolute Gasteiger partial charge is 0.0296 e. The fraction of sp³-hybridized carbons (Fsp3) is 0.500. The van der Waals surface area contributed by atoms with Crippen LogP contribution in [0.2, 0.25) is 0 Å². The van der Waals surface area contributed by atoms with Crippen molar-refractivity contribution in [3.05, 3.63) is 40.1 Å². The topological polar surface area (TPSA) is 0 Å². The summed E-state index contributed by atoms with van der Waals surface area (Å²) in [7, 11) is 0. The van der Waals surface area contributed by atoms with Crippen LogP contribution >= 0.6 is 11.3 Å². The van der Waals surface area contributed by atoms with Crippen LogP contribution in [0.25, 0.3) is 6.08 Å². The molecule has 1 aromatic heterocycles. The van der Waals surface area contributed by atoms with E-state index in [0.717, 1.165) is 0 Å². The first-order valence-electron chi connectivity index (χ1n) is 6.59. The van der Waals surface area contributed by atoms with Crippen LogP contribution in [-0.4, -0.2) is 0 Å². The van der Waals surface area contributed by atoms with Gasteiger partial charge in [0.2, 0.25) is 0 Å². The molecule has 1 heteroatoms. The van der Waals surface area contributed by atoms with Crippen molar-refractivity contribution in [3.63, 3.8) is 0 Å². The van der Waals surface area contributed by atoms with E-state index in [2.05, 4.69) is 56.5 Å². The van der Waals surface area contributed by atoms with Crippen molar-refractivity contribution in [1.29, 1.82) is 0 Å². The highest BCUT2D eigenvalue weighted by atomic mass is 32.1. The van der Waals surface area contributed by atoms with Gasteiger partial charge in [-0.15, -0.1) is 11.3 Å². The molecule has 98 valence electrons. The molecule has 0 aliphatic carbocycles. The molecule has 0 nitrogen and oxygen atoms in total. The number of allylic oxidation sites excluding steroid dienone is 3. The van der Waals surface area contributed by atoms with Crippen LogP contribution in [0.15, 0.2) is 29.7 Å². The van der Waals surface area contributed by atoms with Crippen molar-refractivity contribution in [2.24, 2.45) is 5.92 Å². The summed E-state index contributed by atoms with van der Waals surface area (Å²) >= 11 is 1.80. The van der Waals surface area contributed by atoms with E-state index >= 15 is 0 Å². The first-order chi connectivity index (χ1) is 8.24. The molecule has 17 heavy (non-hydrogen) atoms. The first-order valence-corrected chi connectivity index (χ1v) is 7.47. The molecule has 1 aromatic rings. The standard InChI is InChI=1S/C12H16S.2C2H6/c1-4-5-10(2)6-7-12-11(3)8-9-13-12;2*1-2/h4-10H,1-3H3;2*1-2H3/b5-4-,7-6-;;. The zero-order valence-corrected chi connectivity index (χ0v) is 13.3. The minimum absolute atomic E-state index is 0.534. The number of rotatable bonds is 3. The molecule has 0 saturated heterocycles. The molecule has 1 heterocycles. The molecule has 0 spiro atoms. The van der Waals surface area contributed by atoms with E-state index < -0.39 is 0 Å². The van der Waals surface area contributed by atoms with Gasteiger partial charge in [-0.2, -0.15) is 0 Å². The summed E-state index contributed by atoms with van der Waals surface area (Å²) in [5.41, 5.74) is 1.37. The number of hydrogen-bond acceptors (Lipinski definition) is 1. The molecule has 0 aromatic carbocycles. The maximum Gasteiger partial charge on any atom is 0.0296 e. The molecule has 0 radical (unpaired) electrons. The lowest BCUT2D eigenvalue weighted by Crippen LogP contribution is -1.80. The van der Waals surface area contributed by atoms with Gasteiger partial charge in [0, 0.05) is 4.88 Å². The summed E-state index contributed by atoms with van der Waals surface area (Å²) in [6.45, 7) is 14.4. The molecule has 1 unspecified atom stereocenters. The lowest BCUT2D eigenvalue weighted by atomic mass is 10.1. The molecule has 0 bridgehead atoms. The van der Waals surface area contributed by atoms with Gasteiger partial charge >= 0.3 is 0 Å². The Bertz CT molecular complexity index is 305. The zero-order chi connectivity index (χ0) is 13.7. The summed E-state index contributed by atoms with van der Waals surface area (Å²) in [4.78, 5) is 1.37. The number of aryl methyl sites for hydroxylation is 1. The normalized spacial score (nSPS) is 11.7. The highest BCUT2D eigenvalue weighted by molar-refractivity contribution is 7.11. The third-order valence-corrected chi connectivity index (χ3v) is 2.93. The molecule has 1 rings (SSSR count). The van der Waals surface area contributed by atoms with E-state index in [-0.39, 0.29) is 0 Å². The van der Waals surface area contributed by atoms with Crippen molar-refractivity contribution in [2.45, 2.75) is 48.5 Å². The van der Waals surface area contributed by atoms with Crippen LogP contribution in [0.5, 0.6) is 0 Å². The highest BCUT2D eigenvalue weighted by Crippen LogP contribution is 2.18.